The van der Waals surface area contributed by atoms with Crippen molar-refractivity contribution in [2.45, 2.75) is 71.8 Å². The molecule has 0 aromatic rings. The Labute approximate surface area is 168 Å². The van der Waals surface area contributed by atoms with Gasteiger partial charge in [0, 0.05) is 25.6 Å². The first-order chi connectivity index (χ1) is 13.2. The third kappa shape index (κ3) is 6.99. The van der Waals surface area contributed by atoms with Crippen molar-refractivity contribution in [1.82, 2.24) is 9.80 Å². The van der Waals surface area contributed by atoms with Crippen LogP contribution >= 0.6 is 0 Å². The zero-order valence-corrected chi connectivity index (χ0v) is 17.9. The Morgan fingerprint density at radius 1 is 1.07 bits per heavy atom. The molecule has 0 spiro atoms. The topological polar surface area (TPSA) is 76.2 Å². The number of hydrogen-bond donors (Lipinski definition) is 0. The lowest BCUT2D eigenvalue weighted by molar-refractivity contribution is -0.152. The Morgan fingerprint density at radius 3 is 2.36 bits per heavy atom. The summed E-state index contributed by atoms with van der Waals surface area (Å²) < 4.78 is 10.4. The maximum atomic E-state index is 12.7. The second-order valence-corrected chi connectivity index (χ2v) is 8.89. The molecule has 2 heterocycles. The van der Waals surface area contributed by atoms with Crippen molar-refractivity contribution in [2.24, 2.45) is 11.8 Å². The van der Waals surface area contributed by atoms with Gasteiger partial charge in [0.2, 0.25) is 5.91 Å². The van der Waals surface area contributed by atoms with Crippen LogP contribution in [0.2, 0.25) is 0 Å². The summed E-state index contributed by atoms with van der Waals surface area (Å²) >= 11 is 0. The number of nitrogens with zero attached hydrogens (tertiary/aromatic N) is 2. The van der Waals surface area contributed by atoms with Gasteiger partial charge in [-0.2, -0.15) is 0 Å². The van der Waals surface area contributed by atoms with Gasteiger partial charge in [-0.1, -0.05) is 0 Å². The van der Waals surface area contributed by atoms with Gasteiger partial charge in [0.1, 0.15) is 12.1 Å². The zero-order chi connectivity index (χ0) is 20.7. The Kier molecular flexibility index (Phi) is 8.13. The van der Waals surface area contributed by atoms with Gasteiger partial charge in [0.25, 0.3) is 0 Å². The van der Waals surface area contributed by atoms with E-state index < -0.39 is 5.60 Å². The molecule has 2 aliphatic heterocycles. The molecule has 2 fully saturated rings. The predicted molar refractivity (Wildman–Crippen MR) is 106 cm³/mol. The summed E-state index contributed by atoms with van der Waals surface area (Å²) in [6.07, 6.45) is 5.35. The lowest BCUT2D eigenvalue weighted by Crippen LogP contribution is -2.44. The Morgan fingerprint density at radius 2 is 1.75 bits per heavy atom. The molecule has 0 radical (unpaired) electrons. The van der Waals surface area contributed by atoms with Crippen molar-refractivity contribution in [1.29, 1.82) is 0 Å². The number of carbonyl (C=O) groups excluding carboxylic acids is 3. The second kappa shape index (κ2) is 10.1. The first-order valence-electron chi connectivity index (χ1n) is 10.6. The van der Waals surface area contributed by atoms with E-state index in [2.05, 4.69) is 0 Å². The number of rotatable bonds is 6. The summed E-state index contributed by atoms with van der Waals surface area (Å²) in [4.78, 5) is 39.9. The standard InChI is InChI=1S/C21H36N2O5/c1-5-27-18(24)15-23-12-6-7-17(19(23)25)9-8-16-10-13-22(14-11-16)20(26)28-21(2,3)4/h16-17H,5-15H2,1-4H3/t17-/m0/s1. The van der Waals surface area contributed by atoms with E-state index in [4.69, 9.17) is 9.47 Å². The van der Waals surface area contributed by atoms with Gasteiger partial charge >= 0.3 is 12.1 Å². The van der Waals surface area contributed by atoms with Crippen molar-refractivity contribution in [3.63, 3.8) is 0 Å². The Hall–Kier alpha value is -1.79. The van der Waals surface area contributed by atoms with Gasteiger partial charge < -0.3 is 19.3 Å². The van der Waals surface area contributed by atoms with Crippen LogP contribution in [-0.4, -0.2) is 66.2 Å². The monoisotopic (exact) mass is 396 g/mol. The molecule has 2 amide bonds. The Bertz CT molecular complexity index is 549. The third-order valence-corrected chi connectivity index (χ3v) is 5.46. The van der Waals surface area contributed by atoms with Crippen LogP contribution in [0.25, 0.3) is 0 Å². The first kappa shape index (κ1) is 22.5. The largest absolute Gasteiger partial charge is 0.465 e. The van der Waals surface area contributed by atoms with E-state index >= 15 is 0 Å². The molecule has 2 saturated heterocycles. The zero-order valence-electron chi connectivity index (χ0n) is 17.9. The van der Waals surface area contributed by atoms with E-state index in [0.717, 1.165) is 38.5 Å². The van der Waals surface area contributed by atoms with Crippen LogP contribution in [-0.2, 0) is 19.1 Å². The van der Waals surface area contributed by atoms with E-state index in [1.165, 1.54) is 0 Å². The van der Waals surface area contributed by atoms with Crippen molar-refractivity contribution in [2.75, 3.05) is 32.8 Å². The molecule has 0 unspecified atom stereocenters. The van der Waals surface area contributed by atoms with Crippen LogP contribution in [0.5, 0.6) is 0 Å². The number of piperidine rings is 2. The molecule has 0 aromatic heterocycles. The molecule has 0 N–H and O–H groups in total. The second-order valence-electron chi connectivity index (χ2n) is 8.89. The highest BCUT2D eigenvalue weighted by Crippen LogP contribution is 2.29. The van der Waals surface area contributed by atoms with Gasteiger partial charge in [0.15, 0.2) is 0 Å². The van der Waals surface area contributed by atoms with Crippen LogP contribution in [0.1, 0.15) is 66.2 Å². The van der Waals surface area contributed by atoms with E-state index in [1.807, 2.05) is 20.8 Å². The molecule has 160 valence electrons. The van der Waals surface area contributed by atoms with E-state index in [-0.39, 0.29) is 30.4 Å². The molecule has 2 aliphatic rings. The number of hydrogen-bond acceptors (Lipinski definition) is 5. The number of carbonyl (C=O) groups is 3. The quantitative estimate of drug-likeness (QED) is 0.645. The van der Waals surface area contributed by atoms with Crippen molar-refractivity contribution < 1.29 is 23.9 Å². The smallest absolute Gasteiger partial charge is 0.410 e. The number of ether oxygens (including phenoxy) is 2. The highest BCUT2D eigenvalue weighted by Gasteiger charge is 2.32. The van der Waals surface area contributed by atoms with Crippen LogP contribution in [0.3, 0.4) is 0 Å². The fourth-order valence-electron chi connectivity index (χ4n) is 3.98. The first-order valence-corrected chi connectivity index (χ1v) is 10.6. The molecule has 7 nitrogen and oxygen atoms in total. The van der Waals surface area contributed by atoms with Crippen LogP contribution in [0, 0.1) is 11.8 Å². The van der Waals surface area contributed by atoms with Gasteiger partial charge in [-0.25, -0.2) is 4.79 Å². The highest BCUT2D eigenvalue weighted by atomic mass is 16.6. The predicted octanol–water partition coefficient (Wildman–Crippen LogP) is 3.22. The molecule has 2 rings (SSSR count). The van der Waals surface area contributed by atoms with E-state index in [0.29, 0.717) is 32.2 Å². The SMILES string of the molecule is CCOC(=O)CN1CCC[C@@H](CCC2CCN(C(=O)OC(C)(C)C)CC2)C1=O. The molecular weight excluding hydrogens is 360 g/mol. The fourth-order valence-corrected chi connectivity index (χ4v) is 3.98. The highest BCUT2D eigenvalue weighted by molar-refractivity contribution is 5.84. The number of esters is 1. The molecule has 0 saturated carbocycles. The van der Waals surface area contributed by atoms with Crippen LogP contribution in [0.4, 0.5) is 4.79 Å². The van der Waals surface area contributed by atoms with Gasteiger partial charge in [-0.3, -0.25) is 9.59 Å². The summed E-state index contributed by atoms with van der Waals surface area (Å²) in [5.41, 5.74) is -0.468. The van der Waals surface area contributed by atoms with Crippen LogP contribution < -0.4 is 0 Å². The molecule has 0 bridgehead atoms. The molecule has 0 aliphatic carbocycles. The molecule has 7 heteroatoms. The van der Waals surface area contributed by atoms with Gasteiger partial charge in [-0.15, -0.1) is 0 Å². The van der Waals surface area contributed by atoms with E-state index in [1.54, 1.807) is 16.7 Å². The number of amides is 2. The van der Waals surface area contributed by atoms with Crippen LogP contribution in [0.15, 0.2) is 0 Å². The lowest BCUT2D eigenvalue weighted by atomic mass is 9.85. The summed E-state index contributed by atoms with van der Waals surface area (Å²) in [6.45, 7) is 9.89. The minimum atomic E-state index is -0.468. The average Bonchev–Trinajstić information content (AvgIpc) is 2.61. The number of likely N-dealkylation sites (tertiary alicyclic amines) is 2. The Balaban J connectivity index is 1.73. The summed E-state index contributed by atoms with van der Waals surface area (Å²) in [6, 6.07) is 0. The lowest BCUT2D eigenvalue weighted by Gasteiger charge is -2.35. The minimum Gasteiger partial charge on any atom is -0.465 e. The molecule has 0 aromatic carbocycles. The minimum absolute atomic E-state index is 0.00654. The van der Waals surface area contributed by atoms with Gasteiger partial charge in [0.05, 0.1) is 6.61 Å². The normalized spacial score (nSPS) is 21.6. The summed E-state index contributed by atoms with van der Waals surface area (Å²) in [7, 11) is 0. The maximum absolute atomic E-state index is 12.7. The third-order valence-electron chi connectivity index (χ3n) is 5.46. The fraction of sp³-hybridized carbons (Fsp3) is 0.857. The molecule has 1 atom stereocenters. The van der Waals surface area contributed by atoms with Crippen molar-refractivity contribution >= 4 is 18.0 Å². The molecule has 28 heavy (non-hydrogen) atoms. The van der Waals surface area contributed by atoms with Gasteiger partial charge in [-0.05, 0) is 72.1 Å². The molecular formula is C21H36N2O5. The van der Waals surface area contributed by atoms with E-state index in [9.17, 15) is 14.4 Å². The van der Waals surface area contributed by atoms with Crippen molar-refractivity contribution in [3.05, 3.63) is 0 Å². The summed E-state index contributed by atoms with van der Waals surface area (Å²) in [5, 5.41) is 0. The summed E-state index contributed by atoms with van der Waals surface area (Å²) in [5.74, 6) is 0.301. The maximum Gasteiger partial charge on any atom is 0.410 e. The van der Waals surface area contributed by atoms with Crippen molar-refractivity contribution in [3.8, 4) is 0 Å². The average molecular weight is 397 g/mol.